The summed E-state index contributed by atoms with van der Waals surface area (Å²) in [6, 6.07) is 3.85. The number of carbonyl (C=O) groups is 1. The summed E-state index contributed by atoms with van der Waals surface area (Å²) in [6.07, 6.45) is 0. The summed E-state index contributed by atoms with van der Waals surface area (Å²) < 4.78 is 27.2. The van der Waals surface area contributed by atoms with E-state index in [2.05, 4.69) is 0 Å². The van der Waals surface area contributed by atoms with E-state index in [1.54, 1.807) is 11.9 Å². The number of carbonyl (C=O) groups excluding carboxylic acids is 1. The maximum Gasteiger partial charge on any atom is 0.293 e. The molecule has 0 radical (unpaired) electrons. The van der Waals surface area contributed by atoms with E-state index in [9.17, 15) is 23.3 Å². The SMILES string of the molecule is CCN(CC)C(=O)CN(C)c1ccc(S(=O)(=O)N2CCN(C)CC2)cc1[N+](=O)[O-]. The molecule has 162 valence electrons. The number of sulfonamides is 1. The van der Waals surface area contributed by atoms with Crippen molar-refractivity contribution in [2.45, 2.75) is 18.7 Å². The molecule has 0 aromatic heterocycles. The number of nitro benzene ring substituents is 1. The van der Waals surface area contributed by atoms with Crippen molar-refractivity contribution in [3.05, 3.63) is 28.3 Å². The van der Waals surface area contributed by atoms with Crippen molar-refractivity contribution >= 4 is 27.3 Å². The molecule has 1 aromatic carbocycles. The summed E-state index contributed by atoms with van der Waals surface area (Å²) in [6.45, 7) is 6.68. The summed E-state index contributed by atoms with van der Waals surface area (Å²) >= 11 is 0. The van der Waals surface area contributed by atoms with Gasteiger partial charge in [-0.2, -0.15) is 4.31 Å². The van der Waals surface area contributed by atoms with Crippen LogP contribution < -0.4 is 4.90 Å². The highest BCUT2D eigenvalue weighted by Gasteiger charge is 2.30. The second kappa shape index (κ2) is 9.51. The fourth-order valence-electron chi connectivity index (χ4n) is 3.27. The zero-order chi connectivity index (χ0) is 21.8. The van der Waals surface area contributed by atoms with E-state index in [1.807, 2.05) is 25.8 Å². The van der Waals surface area contributed by atoms with E-state index in [0.717, 1.165) is 6.07 Å². The van der Waals surface area contributed by atoms with Gasteiger partial charge in [0.25, 0.3) is 5.69 Å². The molecule has 1 aromatic rings. The molecular weight excluding hydrogens is 398 g/mol. The largest absolute Gasteiger partial charge is 0.360 e. The monoisotopic (exact) mass is 427 g/mol. The third-order valence-corrected chi connectivity index (χ3v) is 7.04. The number of piperazine rings is 1. The van der Waals surface area contributed by atoms with E-state index in [0.29, 0.717) is 39.3 Å². The van der Waals surface area contributed by atoms with Gasteiger partial charge in [0.15, 0.2) is 0 Å². The Kier molecular flexibility index (Phi) is 7.55. The number of rotatable bonds is 8. The van der Waals surface area contributed by atoms with Crippen LogP contribution in [0.5, 0.6) is 0 Å². The first kappa shape index (κ1) is 23.0. The summed E-state index contributed by atoms with van der Waals surface area (Å²) in [4.78, 5) is 28.4. The highest BCUT2D eigenvalue weighted by molar-refractivity contribution is 7.89. The fourth-order valence-corrected chi connectivity index (χ4v) is 4.72. The van der Waals surface area contributed by atoms with E-state index in [-0.39, 0.29) is 28.7 Å². The normalized spacial score (nSPS) is 15.9. The molecule has 1 heterocycles. The van der Waals surface area contributed by atoms with Crippen molar-refractivity contribution < 1.29 is 18.1 Å². The highest BCUT2D eigenvalue weighted by Crippen LogP contribution is 2.31. The number of amides is 1. The van der Waals surface area contributed by atoms with Gasteiger partial charge in [-0.3, -0.25) is 14.9 Å². The van der Waals surface area contributed by atoms with Crippen LogP contribution in [0, 0.1) is 10.1 Å². The Balaban J connectivity index is 2.31. The van der Waals surface area contributed by atoms with E-state index < -0.39 is 14.9 Å². The van der Waals surface area contributed by atoms with Crippen molar-refractivity contribution in [3.63, 3.8) is 0 Å². The standard InChI is InChI=1S/C18H29N5O5S/c1-5-21(6-2)18(24)14-20(4)16-8-7-15(13-17(16)23(25)26)29(27,28)22-11-9-19(3)10-12-22/h7-8,13H,5-6,9-12,14H2,1-4H3. The Morgan fingerprint density at radius 3 is 2.28 bits per heavy atom. The van der Waals surface area contributed by atoms with Crippen LogP contribution in [0.2, 0.25) is 0 Å². The first-order chi connectivity index (χ1) is 13.6. The minimum atomic E-state index is -3.82. The lowest BCUT2D eigenvalue weighted by Crippen LogP contribution is -2.47. The van der Waals surface area contributed by atoms with E-state index in [1.165, 1.54) is 21.3 Å². The Morgan fingerprint density at radius 2 is 1.76 bits per heavy atom. The van der Waals surface area contributed by atoms with Crippen LogP contribution in [0.3, 0.4) is 0 Å². The fraction of sp³-hybridized carbons (Fsp3) is 0.611. The third kappa shape index (κ3) is 5.22. The Labute approximate surface area is 171 Å². The number of likely N-dealkylation sites (N-methyl/N-ethyl adjacent to an activating group) is 3. The average Bonchev–Trinajstić information content (AvgIpc) is 2.68. The van der Waals surface area contributed by atoms with Crippen LogP contribution in [0.15, 0.2) is 23.1 Å². The molecule has 0 atom stereocenters. The molecule has 1 amide bonds. The maximum absolute atomic E-state index is 12.9. The predicted molar refractivity (Wildman–Crippen MR) is 111 cm³/mol. The van der Waals surface area contributed by atoms with E-state index in [4.69, 9.17) is 0 Å². The molecule has 1 saturated heterocycles. The lowest BCUT2D eigenvalue weighted by atomic mass is 10.2. The molecule has 0 saturated carbocycles. The molecule has 1 fully saturated rings. The van der Waals surface area contributed by atoms with Gasteiger partial charge in [-0.15, -0.1) is 0 Å². The molecule has 2 rings (SSSR count). The van der Waals surface area contributed by atoms with Gasteiger partial charge in [-0.1, -0.05) is 0 Å². The van der Waals surface area contributed by atoms with Gasteiger partial charge in [0.2, 0.25) is 15.9 Å². The van der Waals surface area contributed by atoms with Crippen LogP contribution in [0.25, 0.3) is 0 Å². The van der Waals surface area contributed by atoms with Gasteiger partial charge in [-0.25, -0.2) is 8.42 Å². The molecule has 10 nitrogen and oxygen atoms in total. The molecule has 0 N–H and O–H groups in total. The molecule has 11 heteroatoms. The average molecular weight is 428 g/mol. The minimum absolute atomic E-state index is 0.0346. The molecule has 0 unspecified atom stereocenters. The highest BCUT2D eigenvalue weighted by atomic mass is 32.2. The minimum Gasteiger partial charge on any atom is -0.360 e. The molecule has 0 spiro atoms. The molecular formula is C18H29N5O5S. The van der Waals surface area contributed by atoms with Crippen LogP contribution >= 0.6 is 0 Å². The number of anilines is 1. The molecule has 29 heavy (non-hydrogen) atoms. The first-order valence-corrected chi connectivity index (χ1v) is 11.0. The summed E-state index contributed by atoms with van der Waals surface area (Å²) in [7, 11) is -0.322. The van der Waals surface area contributed by atoms with Gasteiger partial charge < -0.3 is 14.7 Å². The Bertz CT molecular complexity index is 848. The van der Waals surface area contributed by atoms with Crippen molar-refractivity contribution in [1.82, 2.24) is 14.1 Å². The lowest BCUT2D eigenvalue weighted by molar-refractivity contribution is -0.384. The lowest BCUT2D eigenvalue weighted by Gasteiger charge is -2.31. The van der Waals surface area contributed by atoms with Crippen molar-refractivity contribution in [1.29, 1.82) is 0 Å². The molecule has 1 aliphatic rings. The van der Waals surface area contributed by atoms with Crippen LogP contribution in [0.1, 0.15) is 13.8 Å². The van der Waals surface area contributed by atoms with Crippen LogP contribution in [0.4, 0.5) is 11.4 Å². The van der Waals surface area contributed by atoms with Gasteiger partial charge >= 0.3 is 0 Å². The number of hydrogen-bond acceptors (Lipinski definition) is 7. The Hall–Kier alpha value is -2.24. The summed E-state index contributed by atoms with van der Waals surface area (Å²) in [5, 5.41) is 11.6. The summed E-state index contributed by atoms with van der Waals surface area (Å²) in [5.41, 5.74) is -0.136. The van der Waals surface area contributed by atoms with E-state index >= 15 is 0 Å². The first-order valence-electron chi connectivity index (χ1n) is 9.57. The third-order valence-electron chi connectivity index (χ3n) is 5.14. The smallest absolute Gasteiger partial charge is 0.293 e. The Morgan fingerprint density at radius 1 is 1.17 bits per heavy atom. The zero-order valence-corrected chi connectivity index (χ0v) is 18.2. The second-order valence-corrected chi connectivity index (χ2v) is 8.98. The van der Waals surface area contributed by atoms with Gasteiger partial charge in [0, 0.05) is 52.4 Å². The number of hydrogen-bond donors (Lipinski definition) is 0. The number of nitrogens with zero attached hydrogens (tertiary/aromatic N) is 5. The quantitative estimate of drug-likeness (QED) is 0.447. The topological polar surface area (TPSA) is 107 Å². The second-order valence-electron chi connectivity index (χ2n) is 7.04. The van der Waals surface area contributed by atoms with Gasteiger partial charge in [-0.05, 0) is 33.0 Å². The van der Waals surface area contributed by atoms with Crippen molar-refractivity contribution in [2.75, 3.05) is 64.8 Å². The van der Waals surface area contributed by atoms with Gasteiger partial charge in [0.05, 0.1) is 16.4 Å². The molecule has 1 aliphatic heterocycles. The van der Waals surface area contributed by atoms with Gasteiger partial charge in [0.1, 0.15) is 5.69 Å². The number of nitro groups is 1. The predicted octanol–water partition coefficient (Wildman–Crippen LogP) is 0.836. The molecule has 0 aliphatic carbocycles. The van der Waals surface area contributed by atoms with Crippen LogP contribution in [-0.4, -0.2) is 93.3 Å². The number of benzene rings is 1. The maximum atomic E-state index is 12.9. The summed E-state index contributed by atoms with van der Waals surface area (Å²) in [5.74, 6) is -0.152. The van der Waals surface area contributed by atoms with Crippen molar-refractivity contribution in [2.24, 2.45) is 0 Å². The van der Waals surface area contributed by atoms with Crippen LogP contribution in [-0.2, 0) is 14.8 Å². The van der Waals surface area contributed by atoms with Crippen molar-refractivity contribution in [3.8, 4) is 0 Å². The molecule has 0 bridgehead atoms. The zero-order valence-electron chi connectivity index (χ0n) is 17.4.